The molecule has 1 atom stereocenters. The second kappa shape index (κ2) is 10.4. The van der Waals surface area contributed by atoms with Gasteiger partial charge in [0.2, 0.25) is 0 Å². The van der Waals surface area contributed by atoms with Crippen molar-refractivity contribution in [3.8, 4) is 16.9 Å². The van der Waals surface area contributed by atoms with Crippen LogP contribution < -0.4 is 4.74 Å². The Bertz CT molecular complexity index is 835. The summed E-state index contributed by atoms with van der Waals surface area (Å²) in [5.41, 5.74) is 1.78. The van der Waals surface area contributed by atoms with Gasteiger partial charge in [0.25, 0.3) is 0 Å². The molecule has 0 unspecified atom stereocenters. The van der Waals surface area contributed by atoms with Crippen molar-refractivity contribution >= 4 is 22.3 Å². The second-order valence-corrected chi connectivity index (χ2v) is 18.5. The Hall–Kier alpha value is -1.97. The van der Waals surface area contributed by atoms with Crippen LogP contribution in [0.15, 0.2) is 48.5 Å². The van der Waals surface area contributed by atoms with Crippen molar-refractivity contribution in [1.29, 1.82) is 0 Å². The number of unbranched alkanes of at least 4 members (excludes halogenated alkanes) is 1. The average molecular weight is 446 g/mol. The Kier molecular flexibility index (Phi) is 8.40. The highest BCUT2D eigenvalue weighted by molar-refractivity contribution is 6.84. The lowest BCUT2D eigenvalue weighted by Gasteiger charge is -2.31. The van der Waals surface area contributed by atoms with Crippen LogP contribution in [0.4, 0.5) is 5.69 Å². The second-order valence-electron chi connectivity index (χ2n) is 9.45. The van der Waals surface area contributed by atoms with Gasteiger partial charge in [-0.1, -0.05) is 42.8 Å². The Balaban J connectivity index is 1.93. The van der Waals surface area contributed by atoms with Gasteiger partial charge < -0.3 is 8.85 Å². The fraction of sp³-hybridized carbons (Fsp3) is 0.478. The molecule has 0 N–H and O–H groups in total. The minimum atomic E-state index is -1.62. The number of rotatable bonds is 11. The third-order valence-electron chi connectivity index (χ3n) is 4.81. The van der Waals surface area contributed by atoms with E-state index in [-0.39, 0.29) is 16.7 Å². The molecule has 0 spiro atoms. The van der Waals surface area contributed by atoms with E-state index < -0.39 is 16.6 Å². The molecule has 0 heterocycles. The molecule has 0 aromatic heterocycles. The number of ether oxygens (including phenoxy) is 1. The van der Waals surface area contributed by atoms with Gasteiger partial charge in [-0.15, -0.1) is 0 Å². The standard InChI is InChI=1S/C23H35NO4Si2/c1-19(12-10-11-17-30(5,6)28-29(2,3)4)27-23-16-15-21(18-22(23)24(25)26)20-13-8-7-9-14-20/h7-9,13-16,18-19H,10-12,17H2,1-6H3/t19-/m0/s1. The van der Waals surface area contributed by atoms with Crippen LogP contribution in [0.1, 0.15) is 26.2 Å². The van der Waals surface area contributed by atoms with Gasteiger partial charge in [0.05, 0.1) is 11.0 Å². The van der Waals surface area contributed by atoms with Crippen LogP contribution in [0.25, 0.3) is 11.1 Å². The van der Waals surface area contributed by atoms with Crippen molar-refractivity contribution in [2.45, 2.75) is 71.1 Å². The Morgan fingerprint density at radius 2 is 1.63 bits per heavy atom. The average Bonchev–Trinajstić information content (AvgIpc) is 2.64. The van der Waals surface area contributed by atoms with Gasteiger partial charge in [0.1, 0.15) is 0 Å². The van der Waals surface area contributed by atoms with Gasteiger partial charge in [-0.25, -0.2) is 0 Å². The van der Waals surface area contributed by atoms with Crippen LogP contribution in [0, 0.1) is 10.1 Å². The summed E-state index contributed by atoms with van der Waals surface area (Å²) in [6, 6.07) is 16.0. The first-order chi connectivity index (χ1) is 14.0. The van der Waals surface area contributed by atoms with Crippen molar-refractivity contribution in [2.24, 2.45) is 0 Å². The molecule has 0 saturated carbocycles. The zero-order valence-corrected chi connectivity index (χ0v) is 21.1. The third kappa shape index (κ3) is 8.04. The predicted molar refractivity (Wildman–Crippen MR) is 129 cm³/mol. The van der Waals surface area contributed by atoms with Crippen molar-refractivity contribution < 1.29 is 13.8 Å². The quantitative estimate of drug-likeness (QED) is 0.158. The molecule has 0 aliphatic heterocycles. The van der Waals surface area contributed by atoms with E-state index in [2.05, 4.69) is 32.7 Å². The predicted octanol–water partition coefficient (Wildman–Crippen LogP) is 7.26. The third-order valence-corrected chi connectivity index (χ3v) is 11.0. The van der Waals surface area contributed by atoms with Crippen molar-refractivity contribution in [3.05, 3.63) is 58.6 Å². The monoisotopic (exact) mass is 445 g/mol. The highest BCUT2D eigenvalue weighted by atomic mass is 28.4. The molecule has 0 amide bonds. The summed E-state index contributed by atoms with van der Waals surface area (Å²) in [6.07, 6.45) is 2.93. The highest BCUT2D eigenvalue weighted by Gasteiger charge is 2.29. The summed E-state index contributed by atoms with van der Waals surface area (Å²) >= 11 is 0. The van der Waals surface area contributed by atoms with Crippen LogP contribution in [0.2, 0.25) is 38.8 Å². The molecular formula is C23H35NO4Si2. The maximum atomic E-state index is 11.6. The van der Waals surface area contributed by atoms with Gasteiger partial charge in [0, 0.05) is 6.07 Å². The molecule has 164 valence electrons. The minimum Gasteiger partial charge on any atom is -0.484 e. The van der Waals surface area contributed by atoms with Gasteiger partial charge in [-0.05, 0) is 75.7 Å². The van der Waals surface area contributed by atoms with E-state index >= 15 is 0 Å². The highest BCUT2D eigenvalue weighted by Crippen LogP contribution is 2.33. The van der Waals surface area contributed by atoms with E-state index in [0.717, 1.165) is 36.4 Å². The number of hydrogen-bond donors (Lipinski definition) is 0. The molecule has 7 heteroatoms. The number of nitro benzene ring substituents is 1. The molecule has 2 aromatic carbocycles. The zero-order chi connectivity index (χ0) is 22.4. The van der Waals surface area contributed by atoms with Gasteiger partial charge >= 0.3 is 5.69 Å². The van der Waals surface area contributed by atoms with Crippen LogP contribution >= 0.6 is 0 Å². The van der Waals surface area contributed by atoms with Crippen molar-refractivity contribution in [3.63, 3.8) is 0 Å². The number of benzene rings is 2. The fourth-order valence-corrected chi connectivity index (χ4v) is 11.8. The van der Waals surface area contributed by atoms with E-state index in [1.54, 1.807) is 12.1 Å². The summed E-state index contributed by atoms with van der Waals surface area (Å²) in [4.78, 5) is 11.2. The molecule has 0 fully saturated rings. The van der Waals surface area contributed by atoms with E-state index in [0.29, 0.717) is 5.75 Å². The van der Waals surface area contributed by atoms with E-state index in [9.17, 15) is 10.1 Å². The van der Waals surface area contributed by atoms with Gasteiger partial charge in [-0.3, -0.25) is 10.1 Å². The molecule has 0 radical (unpaired) electrons. The summed E-state index contributed by atoms with van der Waals surface area (Å²) in [5.74, 6) is 0.337. The molecule has 0 saturated heterocycles. The largest absolute Gasteiger partial charge is 0.484 e. The Morgan fingerprint density at radius 3 is 2.23 bits per heavy atom. The smallest absolute Gasteiger partial charge is 0.311 e. The molecular weight excluding hydrogens is 410 g/mol. The fourth-order valence-electron chi connectivity index (χ4n) is 3.71. The first-order valence-electron chi connectivity index (χ1n) is 10.7. The minimum absolute atomic E-state index is 0.0141. The summed E-state index contributed by atoms with van der Waals surface area (Å²) < 4.78 is 12.3. The molecule has 0 bridgehead atoms. The van der Waals surface area contributed by atoms with E-state index in [1.807, 2.05) is 43.3 Å². The molecule has 5 nitrogen and oxygen atoms in total. The Labute approximate surface area is 182 Å². The Morgan fingerprint density at radius 1 is 0.967 bits per heavy atom. The van der Waals surface area contributed by atoms with E-state index in [1.165, 1.54) is 0 Å². The molecule has 2 rings (SSSR count). The molecule has 2 aromatic rings. The zero-order valence-electron chi connectivity index (χ0n) is 19.1. The number of nitro groups is 1. The first kappa shape index (κ1) is 24.3. The maximum absolute atomic E-state index is 11.6. The van der Waals surface area contributed by atoms with Crippen LogP contribution in [-0.4, -0.2) is 27.7 Å². The van der Waals surface area contributed by atoms with Crippen molar-refractivity contribution in [2.75, 3.05) is 0 Å². The van der Waals surface area contributed by atoms with Gasteiger partial charge in [0.15, 0.2) is 22.4 Å². The molecule has 30 heavy (non-hydrogen) atoms. The van der Waals surface area contributed by atoms with Gasteiger partial charge in [-0.2, -0.15) is 0 Å². The number of nitrogens with zero attached hydrogens (tertiary/aromatic N) is 1. The van der Waals surface area contributed by atoms with Crippen LogP contribution in [0.5, 0.6) is 5.75 Å². The lowest BCUT2D eigenvalue weighted by Crippen LogP contribution is -2.42. The molecule has 0 aliphatic carbocycles. The normalized spacial score (nSPS) is 13.1. The number of hydrogen-bond acceptors (Lipinski definition) is 4. The topological polar surface area (TPSA) is 61.6 Å². The molecule has 0 aliphatic rings. The summed E-state index contributed by atoms with van der Waals surface area (Å²) in [6.45, 7) is 13.3. The maximum Gasteiger partial charge on any atom is 0.311 e. The summed E-state index contributed by atoms with van der Waals surface area (Å²) in [7, 11) is -3.11. The van der Waals surface area contributed by atoms with Crippen molar-refractivity contribution in [1.82, 2.24) is 0 Å². The van der Waals surface area contributed by atoms with Crippen LogP contribution in [-0.2, 0) is 4.12 Å². The lowest BCUT2D eigenvalue weighted by atomic mass is 10.0. The SMILES string of the molecule is C[C@@H](CCCC[Si](C)(C)O[Si](C)(C)C)Oc1ccc(-c2ccccc2)cc1[N+](=O)[O-]. The summed E-state index contributed by atoms with van der Waals surface area (Å²) in [5, 5.41) is 11.6. The lowest BCUT2D eigenvalue weighted by molar-refractivity contribution is -0.386. The first-order valence-corrected chi connectivity index (χ1v) is 17.2. The van der Waals surface area contributed by atoms with E-state index in [4.69, 9.17) is 8.85 Å². The van der Waals surface area contributed by atoms with Crippen LogP contribution in [0.3, 0.4) is 0 Å².